The molecule has 1 aromatic rings. The average molecular weight is 249 g/mol. The van der Waals surface area contributed by atoms with Gasteiger partial charge >= 0.3 is 0 Å². The third-order valence-electron chi connectivity index (χ3n) is 5.05. The number of hydrogen-bond donors (Lipinski definition) is 1. The van der Waals surface area contributed by atoms with E-state index >= 15 is 0 Å². The predicted molar refractivity (Wildman–Crippen MR) is 73.7 cm³/mol. The van der Waals surface area contributed by atoms with Crippen molar-refractivity contribution in [2.75, 3.05) is 11.9 Å². The first-order chi connectivity index (χ1) is 8.32. The van der Waals surface area contributed by atoms with Crippen LogP contribution in [-0.2, 0) is 6.54 Å². The van der Waals surface area contributed by atoms with E-state index < -0.39 is 0 Å². The molecule has 1 N–H and O–H groups in total. The van der Waals surface area contributed by atoms with Crippen LogP contribution < -0.4 is 10.9 Å². The molecule has 1 aliphatic rings. The van der Waals surface area contributed by atoms with Crippen LogP contribution >= 0.6 is 0 Å². The second-order valence-electron chi connectivity index (χ2n) is 6.24. The van der Waals surface area contributed by atoms with Crippen LogP contribution in [0.2, 0.25) is 0 Å². The number of aryl methyl sites for hydroxylation is 1. The Morgan fingerprint density at radius 2 is 1.94 bits per heavy atom. The Bertz CT molecular complexity index is 488. The maximum absolute atomic E-state index is 12.0. The Kier molecular flexibility index (Phi) is 2.99. The lowest BCUT2D eigenvalue weighted by Crippen LogP contribution is -2.25. The van der Waals surface area contributed by atoms with Gasteiger partial charge in [0, 0.05) is 25.5 Å². The van der Waals surface area contributed by atoms with Crippen LogP contribution in [0.4, 0.5) is 5.82 Å². The summed E-state index contributed by atoms with van der Waals surface area (Å²) in [5, 5.41) is 3.22. The van der Waals surface area contributed by atoms with Crippen LogP contribution in [0.15, 0.2) is 17.2 Å². The topological polar surface area (TPSA) is 46.9 Å². The van der Waals surface area contributed by atoms with Gasteiger partial charge in [-0.1, -0.05) is 27.7 Å². The quantitative estimate of drug-likeness (QED) is 0.891. The van der Waals surface area contributed by atoms with E-state index in [-0.39, 0.29) is 5.56 Å². The van der Waals surface area contributed by atoms with Crippen LogP contribution in [0.25, 0.3) is 0 Å². The first-order valence-corrected chi connectivity index (χ1v) is 6.61. The van der Waals surface area contributed by atoms with Gasteiger partial charge in [0.25, 0.3) is 5.56 Å². The summed E-state index contributed by atoms with van der Waals surface area (Å²) in [6.45, 7) is 12.6. The smallest absolute Gasteiger partial charge is 0.293 e. The highest BCUT2D eigenvalue weighted by molar-refractivity contribution is 5.32. The monoisotopic (exact) mass is 249 g/mol. The largest absolute Gasteiger partial charge is 0.365 e. The normalized spacial score (nSPS) is 20.7. The highest BCUT2D eigenvalue weighted by atomic mass is 16.1. The van der Waals surface area contributed by atoms with Crippen LogP contribution in [0.3, 0.4) is 0 Å². The molecule has 0 amide bonds. The molecule has 0 saturated heterocycles. The van der Waals surface area contributed by atoms with Crippen molar-refractivity contribution < 1.29 is 0 Å². The molecule has 1 fully saturated rings. The Labute approximate surface area is 108 Å². The van der Waals surface area contributed by atoms with Gasteiger partial charge < -0.3 is 9.88 Å². The van der Waals surface area contributed by atoms with Gasteiger partial charge in [-0.15, -0.1) is 0 Å². The third kappa shape index (κ3) is 1.84. The molecule has 4 heteroatoms. The van der Waals surface area contributed by atoms with Crippen molar-refractivity contribution in [1.82, 2.24) is 9.55 Å². The summed E-state index contributed by atoms with van der Waals surface area (Å²) in [4.78, 5) is 16.1. The van der Waals surface area contributed by atoms with E-state index in [0.29, 0.717) is 29.1 Å². The molecule has 1 heterocycles. The lowest BCUT2D eigenvalue weighted by Gasteiger charge is -2.08. The summed E-state index contributed by atoms with van der Waals surface area (Å²) < 4.78 is 1.67. The molecule has 0 aromatic carbocycles. The van der Waals surface area contributed by atoms with E-state index in [2.05, 4.69) is 38.0 Å². The zero-order valence-corrected chi connectivity index (χ0v) is 11.9. The van der Waals surface area contributed by atoms with E-state index in [9.17, 15) is 4.79 Å². The van der Waals surface area contributed by atoms with Crippen LogP contribution in [-0.4, -0.2) is 16.1 Å². The third-order valence-corrected chi connectivity index (χ3v) is 5.05. The van der Waals surface area contributed by atoms with Crippen LogP contribution in [0.5, 0.6) is 0 Å². The SMILES string of the molecule is CCn1ccnc(NCC2C(C)(C)C2(C)C)c1=O. The molecule has 1 saturated carbocycles. The minimum absolute atomic E-state index is 0.0312. The molecule has 0 radical (unpaired) electrons. The van der Waals surface area contributed by atoms with Gasteiger partial charge in [0.15, 0.2) is 5.82 Å². The van der Waals surface area contributed by atoms with Crippen molar-refractivity contribution in [2.45, 2.75) is 41.2 Å². The number of rotatable bonds is 4. The van der Waals surface area contributed by atoms with Crippen LogP contribution in [0, 0.1) is 16.7 Å². The van der Waals surface area contributed by atoms with Gasteiger partial charge in [0.1, 0.15) is 0 Å². The molecule has 2 rings (SSSR count). The van der Waals surface area contributed by atoms with Gasteiger partial charge in [0.2, 0.25) is 0 Å². The van der Waals surface area contributed by atoms with Crippen molar-refractivity contribution in [3.63, 3.8) is 0 Å². The molecule has 0 bridgehead atoms. The van der Waals surface area contributed by atoms with Crippen molar-refractivity contribution in [2.24, 2.45) is 16.7 Å². The van der Waals surface area contributed by atoms with E-state index in [1.54, 1.807) is 17.0 Å². The maximum Gasteiger partial charge on any atom is 0.293 e. The highest BCUT2D eigenvalue weighted by Gasteiger charge is 2.64. The molecular formula is C14H23N3O. The minimum atomic E-state index is -0.0312. The van der Waals surface area contributed by atoms with Gasteiger partial charge in [0.05, 0.1) is 0 Å². The Morgan fingerprint density at radius 3 is 2.44 bits per heavy atom. The maximum atomic E-state index is 12.0. The fourth-order valence-corrected chi connectivity index (χ4v) is 2.86. The molecule has 0 atom stereocenters. The standard InChI is InChI=1S/C14H23N3O/c1-6-17-8-7-15-11(12(17)18)16-9-10-13(2,3)14(10,4)5/h7-8,10H,6,9H2,1-5H3,(H,15,16). The Hall–Kier alpha value is -1.32. The number of nitrogens with one attached hydrogen (secondary N) is 1. The van der Waals surface area contributed by atoms with Crippen molar-refractivity contribution in [3.8, 4) is 0 Å². The summed E-state index contributed by atoms with van der Waals surface area (Å²) in [5.41, 5.74) is 0.633. The van der Waals surface area contributed by atoms with Gasteiger partial charge in [-0.3, -0.25) is 4.79 Å². The van der Waals surface area contributed by atoms with Gasteiger partial charge in [-0.2, -0.15) is 0 Å². The molecule has 18 heavy (non-hydrogen) atoms. The summed E-state index contributed by atoms with van der Waals surface area (Å²) in [6, 6.07) is 0. The van der Waals surface area contributed by atoms with Crippen molar-refractivity contribution >= 4 is 5.82 Å². The second-order valence-corrected chi connectivity index (χ2v) is 6.24. The zero-order valence-electron chi connectivity index (χ0n) is 11.9. The number of aromatic nitrogens is 2. The molecule has 4 nitrogen and oxygen atoms in total. The zero-order chi connectivity index (χ0) is 13.6. The van der Waals surface area contributed by atoms with Gasteiger partial charge in [-0.25, -0.2) is 4.98 Å². The summed E-state index contributed by atoms with van der Waals surface area (Å²) in [5.74, 6) is 1.05. The second kappa shape index (κ2) is 4.11. The first-order valence-electron chi connectivity index (χ1n) is 6.61. The van der Waals surface area contributed by atoms with Crippen molar-refractivity contribution in [3.05, 3.63) is 22.7 Å². The summed E-state index contributed by atoms with van der Waals surface area (Å²) in [6.07, 6.45) is 3.40. The molecular weight excluding hydrogens is 226 g/mol. The summed E-state index contributed by atoms with van der Waals surface area (Å²) >= 11 is 0. The first kappa shape index (κ1) is 13.1. The van der Waals surface area contributed by atoms with E-state index in [0.717, 1.165) is 6.54 Å². The summed E-state index contributed by atoms with van der Waals surface area (Å²) in [7, 11) is 0. The van der Waals surface area contributed by atoms with Crippen LogP contribution in [0.1, 0.15) is 34.6 Å². The fourth-order valence-electron chi connectivity index (χ4n) is 2.86. The highest BCUT2D eigenvalue weighted by Crippen LogP contribution is 2.68. The number of anilines is 1. The number of nitrogens with zero attached hydrogens (tertiary/aromatic N) is 2. The average Bonchev–Trinajstić information content (AvgIpc) is 2.69. The number of hydrogen-bond acceptors (Lipinski definition) is 3. The fraction of sp³-hybridized carbons (Fsp3) is 0.714. The molecule has 0 aliphatic heterocycles. The lowest BCUT2D eigenvalue weighted by atomic mass is 10.0. The lowest BCUT2D eigenvalue weighted by molar-refractivity contribution is 0.457. The molecule has 1 aromatic heterocycles. The van der Waals surface area contributed by atoms with Crippen molar-refractivity contribution in [1.29, 1.82) is 0 Å². The Morgan fingerprint density at radius 1 is 1.33 bits per heavy atom. The minimum Gasteiger partial charge on any atom is -0.365 e. The Balaban J connectivity index is 2.07. The molecule has 0 unspecified atom stereocenters. The van der Waals surface area contributed by atoms with Gasteiger partial charge in [-0.05, 0) is 23.7 Å². The molecule has 0 spiro atoms. The molecule has 1 aliphatic carbocycles. The predicted octanol–water partition coefficient (Wildman–Crippen LogP) is 2.36. The van der Waals surface area contributed by atoms with E-state index in [4.69, 9.17) is 0 Å². The van der Waals surface area contributed by atoms with E-state index in [1.807, 2.05) is 6.92 Å². The molecule has 100 valence electrons. The van der Waals surface area contributed by atoms with E-state index in [1.165, 1.54) is 0 Å².